The zero-order chi connectivity index (χ0) is 20.1. The van der Waals surface area contributed by atoms with E-state index < -0.39 is 0 Å². The number of aromatic nitrogens is 2. The fourth-order valence-electron chi connectivity index (χ4n) is 2.88. The van der Waals surface area contributed by atoms with Gasteiger partial charge in [0.15, 0.2) is 5.16 Å². The van der Waals surface area contributed by atoms with Crippen LogP contribution >= 0.6 is 11.8 Å². The van der Waals surface area contributed by atoms with Crippen molar-refractivity contribution >= 4 is 17.6 Å². The molecule has 146 valence electrons. The number of nitrogens with zero attached hydrogens (tertiary/aromatic N) is 2. The third-order valence-electron chi connectivity index (χ3n) is 4.57. The predicted octanol–water partition coefficient (Wildman–Crippen LogP) is 6.26. The normalized spacial score (nSPS) is 10.8. The van der Waals surface area contributed by atoms with Gasteiger partial charge in [-0.05, 0) is 31.5 Å². The minimum absolute atomic E-state index is 0.583. The van der Waals surface area contributed by atoms with E-state index in [0.29, 0.717) is 6.54 Å². The monoisotopic (exact) mass is 401 g/mol. The van der Waals surface area contributed by atoms with Crippen LogP contribution in [-0.4, -0.2) is 9.97 Å². The second kappa shape index (κ2) is 8.97. The van der Waals surface area contributed by atoms with E-state index in [1.54, 1.807) is 18.0 Å². The zero-order valence-corrected chi connectivity index (χ0v) is 17.4. The van der Waals surface area contributed by atoms with Crippen LogP contribution in [0.5, 0.6) is 0 Å². The Morgan fingerprint density at radius 3 is 2.31 bits per heavy atom. The van der Waals surface area contributed by atoms with Gasteiger partial charge in [0.05, 0.1) is 18.5 Å². The minimum Gasteiger partial charge on any atom is -0.467 e. The van der Waals surface area contributed by atoms with E-state index in [4.69, 9.17) is 14.4 Å². The average Bonchev–Trinajstić information content (AvgIpc) is 3.26. The van der Waals surface area contributed by atoms with Crippen molar-refractivity contribution < 1.29 is 4.42 Å². The summed E-state index contributed by atoms with van der Waals surface area (Å²) in [5.41, 5.74) is 5.74. The smallest absolute Gasteiger partial charge is 0.190 e. The first-order valence-corrected chi connectivity index (χ1v) is 10.5. The fourth-order valence-corrected chi connectivity index (χ4v) is 3.69. The lowest BCUT2D eigenvalue weighted by molar-refractivity contribution is 0.517. The van der Waals surface area contributed by atoms with Crippen LogP contribution in [0.4, 0.5) is 5.82 Å². The molecular weight excluding hydrogens is 378 g/mol. The number of rotatable bonds is 7. The standard InChI is InChI=1S/C24H23N3OS/c1-17-5-9-19(10-6-17)16-29-24-26-22(20-11-7-18(2)8-12-20)14-23(27-24)25-15-21-4-3-13-28-21/h3-14H,15-16H2,1-2H3,(H,25,26,27). The Morgan fingerprint density at radius 2 is 1.62 bits per heavy atom. The van der Waals surface area contributed by atoms with Gasteiger partial charge in [0.1, 0.15) is 11.6 Å². The van der Waals surface area contributed by atoms with Gasteiger partial charge in [-0.15, -0.1) is 0 Å². The molecule has 0 aliphatic heterocycles. The number of nitrogens with one attached hydrogen (secondary N) is 1. The van der Waals surface area contributed by atoms with Crippen LogP contribution in [0.25, 0.3) is 11.3 Å². The lowest BCUT2D eigenvalue weighted by Crippen LogP contribution is -2.03. The van der Waals surface area contributed by atoms with Gasteiger partial charge in [-0.25, -0.2) is 9.97 Å². The van der Waals surface area contributed by atoms with Crippen molar-refractivity contribution in [3.8, 4) is 11.3 Å². The molecule has 4 aromatic rings. The highest BCUT2D eigenvalue weighted by molar-refractivity contribution is 7.98. The molecule has 0 atom stereocenters. The molecule has 0 aliphatic rings. The summed E-state index contributed by atoms with van der Waals surface area (Å²) in [6.45, 7) is 4.77. The van der Waals surface area contributed by atoms with Gasteiger partial charge in [0, 0.05) is 17.4 Å². The molecule has 0 unspecified atom stereocenters. The van der Waals surface area contributed by atoms with Gasteiger partial charge < -0.3 is 9.73 Å². The molecule has 0 saturated carbocycles. The molecule has 29 heavy (non-hydrogen) atoms. The second-order valence-electron chi connectivity index (χ2n) is 6.99. The highest BCUT2D eigenvalue weighted by Gasteiger charge is 2.09. The molecule has 1 N–H and O–H groups in total. The van der Waals surface area contributed by atoms with Gasteiger partial charge in [-0.3, -0.25) is 0 Å². The molecule has 0 bridgehead atoms. The Hall–Kier alpha value is -3.05. The minimum atomic E-state index is 0.583. The first-order chi connectivity index (χ1) is 14.2. The molecule has 0 amide bonds. The largest absolute Gasteiger partial charge is 0.467 e. The predicted molar refractivity (Wildman–Crippen MR) is 119 cm³/mol. The molecule has 2 aromatic heterocycles. The van der Waals surface area contributed by atoms with Gasteiger partial charge in [-0.2, -0.15) is 0 Å². The van der Waals surface area contributed by atoms with Gasteiger partial charge in [-0.1, -0.05) is 71.4 Å². The molecule has 4 nitrogen and oxygen atoms in total. The summed E-state index contributed by atoms with van der Waals surface area (Å²) in [5.74, 6) is 2.49. The summed E-state index contributed by atoms with van der Waals surface area (Å²) >= 11 is 1.64. The molecule has 2 heterocycles. The number of anilines is 1. The first-order valence-electron chi connectivity index (χ1n) is 9.56. The molecule has 5 heteroatoms. The lowest BCUT2D eigenvalue weighted by atomic mass is 10.1. The van der Waals surface area contributed by atoms with Crippen LogP contribution in [0.3, 0.4) is 0 Å². The van der Waals surface area contributed by atoms with E-state index in [9.17, 15) is 0 Å². The van der Waals surface area contributed by atoms with Gasteiger partial charge in [0.25, 0.3) is 0 Å². The van der Waals surface area contributed by atoms with E-state index in [0.717, 1.165) is 33.7 Å². The number of thioether (sulfide) groups is 1. The van der Waals surface area contributed by atoms with E-state index in [1.165, 1.54) is 16.7 Å². The number of hydrogen-bond donors (Lipinski definition) is 1. The van der Waals surface area contributed by atoms with Crippen LogP contribution in [0.2, 0.25) is 0 Å². The first kappa shape index (κ1) is 19.3. The van der Waals surface area contributed by atoms with E-state index in [2.05, 4.69) is 67.7 Å². The van der Waals surface area contributed by atoms with Crippen molar-refractivity contribution in [1.82, 2.24) is 9.97 Å². The zero-order valence-electron chi connectivity index (χ0n) is 16.6. The average molecular weight is 402 g/mol. The molecule has 0 spiro atoms. The van der Waals surface area contributed by atoms with Crippen LogP contribution in [-0.2, 0) is 12.3 Å². The van der Waals surface area contributed by atoms with Crippen molar-refractivity contribution in [3.05, 3.63) is 95.4 Å². The highest BCUT2D eigenvalue weighted by Crippen LogP contribution is 2.26. The van der Waals surface area contributed by atoms with E-state index in [1.807, 2.05) is 18.2 Å². The lowest BCUT2D eigenvalue weighted by Gasteiger charge is -2.10. The maximum Gasteiger partial charge on any atom is 0.190 e. The summed E-state index contributed by atoms with van der Waals surface area (Å²) in [5, 5.41) is 4.11. The maximum absolute atomic E-state index is 5.42. The molecule has 0 aliphatic carbocycles. The quantitative estimate of drug-likeness (QED) is 0.293. The maximum atomic E-state index is 5.42. The van der Waals surface area contributed by atoms with E-state index in [-0.39, 0.29) is 0 Å². The summed E-state index contributed by atoms with van der Waals surface area (Å²) in [7, 11) is 0. The Morgan fingerprint density at radius 1 is 0.897 bits per heavy atom. The van der Waals surface area contributed by atoms with Gasteiger partial charge >= 0.3 is 0 Å². The third-order valence-corrected chi connectivity index (χ3v) is 5.48. The number of furan rings is 1. The Labute approximate surface area is 175 Å². The highest BCUT2D eigenvalue weighted by atomic mass is 32.2. The van der Waals surface area contributed by atoms with Crippen molar-refractivity contribution in [3.63, 3.8) is 0 Å². The van der Waals surface area contributed by atoms with E-state index >= 15 is 0 Å². The molecular formula is C24H23N3OS. The van der Waals surface area contributed by atoms with Crippen molar-refractivity contribution in [1.29, 1.82) is 0 Å². The summed E-state index contributed by atoms with van der Waals surface area (Å²) < 4.78 is 5.42. The summed E-state index contributed by atoms with van der Waals surface area (Å²) in [6.07, 6.45) is 1.68. The second-order valence-corrected chi connectivity index (χ2v) is 7.94. The Balaban J connectivity index is 1.57. The van der Waals surface area contributed by atoms with Crippen molar-refractivity contribution in [2.45, 2.75) is 31.3 Å². The van der Waals surface area contributed by atoms with Crippen LogP contribution in [0, 0.1) is 13.8 Å². The third kappa shape index (κ3) is 5.27. The van der Waals surface area contributed by atoms with Crippen LogP contribution < -0.4 is 5.32 Å². The van der Waals surface area contributed by atoms with Crippen LogP contribution in [0.1, 0.15) is 22.5 Å². The Kier molecular flexibility index (Phi) is 5.96. The van der Waals surface area contributed by atoms with Crippen molar-refractivity contribution in [2.24, 2.45) is 0 Å². The number of benzene rings is 2. The topological polar surface area (TPSA) is 51.0 Å². The fraction of sp³-hybridized carbons (Fsp3) is 0.167. The summed E-state index contributed by atoms with van der Waals surface area (Å²) in [4.78, 5) is 9.51. The number of hydrogen-bond acceptors (Lipinski definition) is 5. The molecule has 0 fully saturated rings. The SMILES string of the molecule is Cc1ccc(CSc2nc(NCc3ccco3)cc(-c3ccc(C)cc3)n2)cc1. The number of aryl methyl sites for hydroxylation is 2. The Bertz CT molecular complexity index is 1060. The summed E-state index contributed by atoms with van der Waals surface area (Å²) in [6, 6.07) is 22.8. The van der Waals surface area contributed by atoms with Crippen LogP contribution in [0.15, 0.2) is 82.6 Å². The van der Waals surface area contributed by atoms with Crippen molar-refractivity contribution in [2.75, 3.05) is 5.32 Å². The van der Waals surface area contributed by atoms with Gasteiger partial charge in [0.2, 0.25) is 0 Å². The molecule has 0 saturated heterocycles. The molecule has 2 aromatic carbocycles. The molecule has 0 radical (unpaired) electrons. The molecule has 4 rings (SSSR count).